The SMILES string of the molecule is CN1C(CCC(=O)Nc2ccccc2)CNC(=O)C2NCCC21. The topological polar surface area (TPSA) is 73.5 Å². The summed E-state index contributed by atoms with van der Waals surface area (Å²) in [7, 11) is 2.06. The van der Waals surface area contributed by atoms with Gasteiger partial charge in [-0.2, -0.15) is 0 Å². The number of rotatable bonds is 4. The maximum atomic E-state index is 12.1. The molecular formula is C17H24N4O2. The van der Waals surface area contributed by atoms with Crippen LogP contribution in [-0.4, -0.2) is 55.0 Å². The number of benzene rings is 1. The molecule has 6 nitrogen and oxygen atoms in total. The maximum absolute atomic E-state index is 12.1. The predicted molar refractivity (Wildman–Crippen MR) is 89.1 cm³/mol. The van der Waals surface area contributed by atoms with E-state index in [4.69, 9.17) is 0 Å². The average Bonchev–Trinajstić information content (AvgIpc) is 3.01. The second-order valence-electron chi connectivity index (χ2n) is 6.31. The highest BCUT2D eigenvalue weighted by Gasteiger charge is 2.40. The summed E-state index contributed by atoms with van der Waals surface area (Å²) in [6, 6.07) is 9.77. The second kappa shape index (κ2) is 7.10. The van der Waals surface area contributed by atoms with E-state index in [1.807, 2.05) is 30.3 Å². The van der Waals surface area contributed by atoms with E-state index in [1.54, 1.807) is 0 Å². The molecule has 2 aliphatic rings. The van der Waals surface area contributed by atoms with Gasteiger partial charge in [0, 0.05) is 30.7 Å². The number of hydrogen-bond acceptors (Lipinski definition) is 4. The Balaban J connectivity index is 1.55. The van der Waals surface area contributed by atoms with Crippen molar-refractivity contribution < 1.29 is 9.59 Å². The van der Waals surface area contributed by atoms with Gasteiger partial charge in [-0.1, -0.05) is 18.2 Å². The number of nitrogens with one attached hydrogen (secondary N) is 3. The molecule has 3 N–H and O–H groups in total. The summed E-state index contributed by atoms with van der Waals surface area (Å²) in [5, 5.41) is 9.17. The van der Waals surface area contributed by atoms with Crippen LogP contribution >= 0.6 is 0 Å². The Kier molecular flexibility index (Phi) is 4.93. The lowest BCUT2D eigenvalue weighted by molar-refractivity contribution is -0.123. The summed E-state index contributed by atoms with van der Waals surface area (Å²) in [4.78, 5) is 26.5. The van der Waals surface area contributed by atoms with Gasteiger partial charge in [0.25, 0.3) is 0 Å². The Morgan fingerprint density at radius 2 is 2.13 bits per heavy atom. The number of amides is 2. The standard InChI is InChI=1S/C17H24N4O2/c1-21-13(11-19-17(23)16-14(21)9-10-18-16)7-8-15(22)20-12-5-3-2-4-6-12/h2-6,13-14,16,18H,7-11H2,1H3,(H,19,23)(H,20,22). The summed E-state index contributed by atoms with van der Waals surface area (Å²) in [5.41, 5.74) is 0.820. The van der Waals surface area contributed by atoms with Crippen molar-refractivity contribution in [3.63, 3.8) is 0 Å². The summed E-state index contributed by atoms with van der Waals surface area (Å²) < 4.78 is 0. The van der Waals surface area contributed by atoms with Gasteiger partial charge in [-0.25, -0.2) is 0 Å². The third-order valence-electron chi connectivity index (χ3n) is 4.84. The van der Waals surface area contributed by atoms with Crippen LogP contribution < -0.4 is 16.0 Å². The first-order valence-electron chi connectivity index (χ1n) is 8.23. The molecule has 23 heavy (non-hydrogen) atoms. The van der Waals surface area contributed by atoms with Gasteiger partial charge < -0.3 is 16.0 Å². The lowest BCUT2D eigenvalue weighted by Gasteiger charge is -2.31. The number of fused-ring (bicyclic) bond motifs is 1. The van der Waals surface area contributed by atoms with E-state index in [0.29, 0.717) is 13.0 Å². The fraction of sp³-hybridized carbons (Fsp3) is 0.529. The monoisotopic (exact) mass is 316 g/mol. The normalized spacial score (nSPS) is 27.9. The van der Waals surface area contributed by atoms with Gasteiger partial charge >= 0.3 is 0 Å². The van der Waals surface area contributed by atoms with E-state index < -0.39 is 0 Å². The maximum Gasteiger partial charge on any atom is 0.238 e. The van der Waals surface area contributed by atoms with Crippen LogP contribution in [0.1, 0.15) is 19.3 Å². The molecular weight excluding hydrogens is 292 g/mol. The Morgan fingerprint density at radius 3 is 2.91 bits per heavy atom. The number of hydrogen-bond donors (Lipinski definition) is 3. The Hall–Kier alpha value is -1.92. The number of nitrogens with zero attached hydrogens (tertiary/aromatic N) is 1. The van der Waals surface area contributed by atoms with Crippen LogP contribution in [0.2, 0.25) is 0 Å². The minimum Gasteiger partial charge on any atom is -0.353 e. The van der Waals surface area contributed by atoms with Gasteiger partial charge in [-0.05, 0) is 38.6 Å². The predicted octanol–water partition coefficient (Wildman–Crippen LogP) is 0.566. The van der Waals surface area contributed by atoms with Crippen LogP contribution in [0, 0.1) is 0 Å². The number of carbonyl (C=O) groups is 2. The van der Waals surface area contributed by atoms with Gasteiger partial charge in [0.15, 0.2) is 0 Å². The molecule has 3 unspecified atom stereocenters. The molecule has 2 saturated heterocycles. The van der Waals surface area contributed by atoms with Crippen LogP contribution in [-0.2, 0) is 9.59 Å². The van der Waals surface area contributed by atoms with Crippen LogP contribution in [0.3, 0.4) is 0 Å². The number of likely N-dealkylation sites (N-methyl/N-ethyl adjacent to an activating group) is 1. The van der Waals surface area contributed by atoms with Crippen molar-refractivity contribution in [3.8, 4) is 0 Å². The fourth-order valence-electron chi connectivity index (χ4n) is 3.49. The molecule has 0 saturated carbocycles. The van der Waals surface area contributed by atoms with E-state index in [2.05, 4.69) is 27.9 Å². The summed E-state index contributed by atoms with van der Waals surface area (Å²) in [6.07, 6.45) is 2.16. The zero-order valence-electron chi connectivity index (χ0n) is 13.4. The van der Waals surface area contributed by atoms with Gasteiger partial charge in [-0.3, -0.25) is 14.5 Å². The zero-order valence-corrected chi connectivity index (χ0v) is 13.4. The minimum absolute atomic E-state index is 0.0151. The summed E-state index contributed by atoms with van der Waals surface area (Å²) in [6.45, 7) is 1.47. The molecule has 2 fully saturated rings. The largest absolute Gasteiger partial charge is 0.353 e. The first-order valence-corrected chi connectivity index (χ1v) is 8.23. The van der Waals surface area contributed by atoms with Gasteiger partial charge in [0.2, 0.25) is 11.8 Å². The first-order chi connectivity index (χ1) is 11.1. The molecule has 3 rings (SSSR count). The number of carbonyl (C=O) groups excluding carboxylic acids is 2. The molecule has 2 amide bonds. The molecule has 0 aliphatic carbocycles. The van der Waals surface area contributed by atoms with Crippen molar-refractivity contribution >= 4 is 17.5 Å². The third-order valence-corrected chi connectivity index (χ3v) is 4.84. The lowest BCUT2D eigenvalue weighted by Crippen LogP contribution is -2.48. The summed E-state index contributed by atoms with van der Waals surface area (Å²) in [5.74, 6) is 0.0943. The highest BCUT2D eigenvalue weighted by atomic mass is 16.2. The molecule has 124 valence electrons. The number of para-hydroxylation sites is 1. The zero-order chi connectivity index (χ0) is 16.2. The number of anilines is 1. The second-order valence-corrected chi connectivity index (χ2v) is 6.31. The molecule has 0 spiro atoms. The van der Waals surface area contributed by atoms with Crippen LogP contribution in [0.5, 0.6) is 0 Å². The van der Waals surface area contributed by atoms with Crippen LogP contribution in [0.25, 0.3) is 0 Å². The van der Waals surface area contributed by atoms with Crippen molar-refractivity contribution in [1.29, 1.82) is 0 Å². The Labute approximate surface area is 136 Å². The molecule has 0 bridgehead atoms. The first kappa shape index (κ1) is 16.0. The van der Waals surface area contributed by atoms with E-state index >= 15 is 0 Å². The molecule has 1 aromatic carbocycles. The molecule has 0 radical (unpaired) electrons. The van der Waals surface area contributed by atoms with Crippen LogP contribution in [0.15, 0.2) is 30.3 Å². The van der Waals surface area contributed by atoms with E-state index in [-0.39, 0.29) is 29.9 Å². The van der Waals surface area contributed by atoms with E-state index in [1.165, 1.54) is 0 Å². The fourth-order valence-corrected chi connectivity index (χ4v) is 3.49. The van der Waals surface area contributed by atoms with Crippen molar-refractivity contribution in [2.45, 2.75) is 37.4 Å². The van der Waals surface area contributed by atoms with Crippen molar-refractivity contribution in [2.24, 2.45) is 0 Å². The van der Waals surface area contributed by atoms with Crippen molar-refractivity contribution in [2.75, 3.05) is 25.5 Å². The molecule has 2 aliphatic heterocycles. The van der Waals surface area contributed by atoms with Gasteiger partial charge in [0.1, 0.15) is 6.04 Å². The molecule has 1 aromatic rings. The van der Waals surface area contributed by atoms with E-state index in [9.17, 15) is 9.59 Å². The van der Waals surface area contributed by atoms with Crippen molar-refractivity contribution in [1.82, 2.24) is 15.5 Å². The minimum atomic E-state index is -0.122. The smallest absolute Gasteiger partial charge is 0.238 e. The third kappa shape index (κ3) is 3.71. The lowest BCUT2D eigenvalue weighted by atomic mass is 10.0. The molecule has 6 heteroatoms. The Morgan fingerprint density at radius 1 is 1.35 bits per heavy atom. The Bertz CT molecular complexity index is 563. The highest BCUT2D eigenvalue weighted by Crippen LogP contribution is 2.21. The van der Waals surface area contributed by atoms with Gasteiger partial charge in [-0.15, -0.1) is 0 Å². The average molecular weight is 316 g/mol. The van der Waals surface area contributed by atoms with Crippen molar-refractivity contribution in [3.05, 3.63) is 30.3 Å². The molecule has 3 atom stereocenters. The highest BCUT2D eigenvalue weighted by molar-refractivity contribution is 5.90. The van der Waals surface area contributed by atoms with E-state index in [0.717, 1.165) is 25.1 Å². The van der Waals surface area contributed by atoms with Crippen LogP contribution in [0.4, 0.5) is 5.69 Å². The van der Waals surface area contributed by atoms with Gasteiger partial charge in [0.05, 0.1) is 0 Å². The summed E-state index contributed by atoms with van der Waals surface area (Å²) >= 11 is 0. The molecule has 2 heterocycles. The quantitative estimate of drug-likeness (QED) is 0.759. The molecule has 0 aromatic heterocycles.